The van der Waals surface area contributed by atoms with Gasteiger partial charge in [0, 0.05) is 56.6 Å². The average molecular weight is 288 g/mol. The van der Waals surface area contributed by atoms with Crippen LogP contribution < -0.4 is 4.90 Å². The first kappa shape index (κ1) is 12.8. The molecule has 5 nitrogen and oxygen atoms in total. The SMILES string of the molecule is Cc1nc(CN2C3CC2CN(c2ccnc(F)c2)C3)co1. The number of anilines is 1. The zero-order chi connectivity index (χ0) is 14.4. The highest BCUT2D eigenvalue weighted by atomic mass is 19.1. The minimum Gasteiger partial charge on any atom is -0.449 e. The van der Waals surface area contributed by atoms with Crippen molar-refractivity contribution >= 4 is 5.69 Å². The van der Waals surface area contributed by atoms with Crippen molar-refractivity contribution < 1.29 is 8.81 Å². The maximum atomic E-state index is 13.2. The molecular weight excluding hydrogens is 271 g/mol. The molecule has 3 aliphatic rings. The maximum Gasteiger partial charge on any atom is 0.214 e. The quantitative estimate of drug-likeness (QED) is 0.808. The third-order valence-corrected chi connectivity index (χ3v) is 4.43. The van der Waals surface area contributed by atoms with Crippen LogP contribution in [0.15, 0.2) is 29.0 Å². The monoisotopic (exact) mass is 288 g/mol. The molecule has 3 fully saturated rings. The number of rotatable bonds is 3. The van der Waals surface area contributed by atoms with Gasteiger partial charge in [-0.2, -0.15) is 4.39 Å². The van der Waals surface area contributed by atoms with Crippen LogP contribution in [-0.4, -0.2) is 40.0 Å². The van der Waals surface area contributed by atoms with Crippen LogP contribution in [0.4, 0.5) is 10.1 Å². The Morgan fingerprint density at radius 3 is 2.86 bits per heavy atom. The topological polar surface area (TPSA) is 45.4 Å². The standard InChI is InChI=1S/C15H17FN4O/c1-10-18-11(9-21-10)6-20-13-4-14(20)8-19(7-13)12-2-3-17-15(16)5-12/h2-3,5,9,13-14H,4,6-8H2,1H3. The van der Waals surface area contributed by atoms with Gasteiger partial charge in [-0.1, -0.05) is 0 Å². The third-order valence-electron chi connectivity index (χ3n) is 4.43. The molecule has 0 radical (unpaired) electrons. The summed E-state index contributed by atoms with van der Waals surface area (Å²) in [6.45, 7) is 4.55. The lowest BCUT2D eigenvalue weighted by atomic mass is 9.87. The molecule has 0 amide bonds. The molecule has 0 aromatic carbocycles. The van der Waals surface area contributed by atoms with E-state index < -0.39 is 5.95 Å². The first-order valence-electron chi connectivity index (χ1n) is 7.22. The zero-order valence-corrected chi connectivity index (χ0v) is 11.9. The molecular formula is C15H17FN4O. The summed E-state index contributed by atoms with van der Waals surface area (Å²) in [7, 11) is 0. The molecule has 2 aromatic rings. The number of oxazole rings is 1. The summed E-state index contributed by atoms with van der Waals surface area (Å²) in [5.41, 5.74) is 1.92. The van der Waals surface area contributed by atoms with Gasteiger partial charge < -0.3 is 9.32 Å². The number of pyridine rings is 1. The Morgan fingerprint density at radius 1 is 1.38 bits per heavy atom. The number of halogens is 1. The van der Waals surface area contributed by atoms with E-state index in [2.05, 4.69) is 19.8 Å². The van der Waals surface area contributed by atoms with Crippen molar-refractivity contribution in [2.75, 3.05) is 18.0 Å². The Kier molecular flexibility index (Phi) is 2.92. The third kappa shape index (κ3) is 2.29. The van der Waals surface area contributed by atoms with Gasteiger partial charge in [0.05, 0.1) is 5.69 Å². The predicted octanol–water partition coefficient (Wildman–Crippen LogP) is 1.98. The number of aryl methyl sites for hydroxylation is 1. The summed E-state index contributed by atoms with van der Waals surface area (Å²) in [4.78, 5) is 12.7. The first-order valence-corrected chi connectivity index (χ1v) is 7.22. The molecule has 2 unspecified atom stereocenters. The zero-order valence-electron chi connectivity index (χ0n) is 11.9. The van der Waals surface area contributed by atoms with Crippen LogP contribution in [0.5, 0.6) is 0 Å². The molecule has 110 valence electrons. The van der Waals surface area contributed by atoms with E-state index in [-0.39, 0.29) is 0 Å². The molecule has 3 saturated heterocycles. The Hall–Kier alpha value is -1.95. The molecule has 0 N–H and O–H groups in total. The minimum atomic E-state index is -0.415. The van der Waals surface area contributed by atoms with Gasteiger partial charge in [-0.3, -0.25) is 4.90 Å². The second-order valence-electron chi connectivity index (χ2n) is 5.82. The number of fused-ring (bicyclic) bond motifs is 2. The van der Waals surface area contributed by atoms with E-state index in [1.807, 2.05) is 13.0 Å². The van der Waals surface area contributed by atoms with Crippen LogP contribution >= 0.6 is 0 Å². The number of hydrogen-bond acceptors (Lipinski definition) is 5. The van der Waals surface area contributed by atoms with Crippen LogP contribution in [-0.2, 0) is 6.54 Å². The first-order chi connectivity index (χ1) is 10.2. The Bertz CT molecular complexity index is 647. The van der Waals surface area contributed by atoms with Crippen molar-refractivity contribution in [3.63, 3.8) is 0 Å². The van der Waals surface area contributed by atoms with Gasteiger partial charge in [0.2, 0.25) is 5.95 Å². The number of nitrogens with zero attached hydrogens (tertiary/aromatic N) is 4. The van der Waals surface area contributed by atoms with Gasteiger partial charge in [0.1, 0.15) is 6.26 Å². The summed E-state index contributed by atoms with van der Waals surface area (Å²) in [5.74, 6) is 0.297. The van der Waals surface area contributed by atoms with E-state index in [9.17, 15) is 4.39 Å². The van der Waals surface area contributed by atoms with E-state index in [0.717, 1.165) is 31.0 Å². The predicted molar refractivity (Wildman–Crippen MR) is 75.4 cm³/mol. The van der Waals surface area contributed by atoms with E-state index >= 15 is 0 Å². The van der Waals surface area contributed by atoms with Crippen molar-refractivity contribution in [3.8, 4) is 0 Å². The average Bonchev–Trinajstić information content (AvgIpc) is 2.90. The Balaban J connectivity index is 1.44. The fraction of sp³-hybridized carbons (Fsp3) is 0.467. The summed E-state index contributed by atoms with van der Waals surface area (Å²) in [5, 5.41) is 0. The lowest BCUT2D eigenvalue weighted by molar-refractivity contribution is -0.00947. The van der Waals surface area contributed by atoms with Crippen LogP contribution in [0.2, 0.25) is 0 Å². The smallest absolute Gasteiger partial charge is 0.214 e. The second kappa shape index (κ2) is 4.80. The molecule has 3 aliphatic heterocycles. The van der Waals surface area contributed by atoms with Gasteiger partial charge in [0.25, 0.3) is 0 Å². The summed E-state index contributed by atoms with van der Waals surface area (Å²) in [6, 6.07) is 4.41. The van der Waals surface area contributed by atoms with Gasteiger partial charge in [0.15, 0.2) is 5.89 Å². The van der Waals surface area contributed by atoms with Crippen molar-refractivity contribution in [1.29, 1.82) is 0 Å². The Morgan fingerprint density at radius 2 is 2.19 bits per heavy atom. The number of aromatic nitrogens is 2. The van der Waals surface area contributed by atoms with E-state index in [1.165, 1.54) is 18.7 Å². The molecule has 2 bridgehead atoms. The lowest BCUT2D eigenvalue weighted by Crippen LogP contribution is -2.68. The normalized spacial score (nSPS) is 25.0. The van der Waals surface area contributed by atoms with E-state index in [0.29, 0.717) is 18.0 Å². The molecule has 21 heavy (non-hydrogen) atoms. The highest BCUT2D eigenvalue weighted by Gasteiger charge is 2.44. The van der Waals surface area contributed by atoms with Crippen LogP contribution in [0.3, 0.4) is 0 Å². The second-order valence-corrected chi connectivity index (χ2v) is 5.82. The van der Waals surface area contributed by atoms with Crippen LogP contribution in [0, 0.1) is 12.9 Å². The van der Waals surface area contributed by atoms with Gasteiger partial charge in [-0.05, 0) is 12.5 Å². The fourth-order valence-electron chi connectivity index (χ4n) is 3.41. The van der Waals surface area contributed by atoms with Crippen molar-refractivity contribution in [2.24, 2.45) is 0 Å². The summed E-state index contributed by atoms with van der Waals surface area (Å²) >= 11 is 0. The summed E-state index contributed by atoms with van der Waals surface area (Å²) in [6.07, 6.45) is 4.47. The van der Waals surface area contributed by atoms with Crippen molar-refractivity contribution in [3.05, 3.63) is 42.1 Å². The molecule has 2 aromatic heterocycles. The van der Waals surface area contributed by atoms with Crippen molar-refractivity contribution in [2.45, 2.75) is 32.0 Å². The highest BCUT2D eigenvalue weighted by Crippen LogP contribution is 2.35. The number of piperazine rings is 1. The molecule has 2 atom stereocenters. The molecule has 0 aliphatic carbocycles. The minimum absolute atomic E-state index is 0.415. The van der Waals surface area contributed by atoms with Crippen LogP contribution in [0.1, 0.15) is 18.0 Å². The van der Waals surface area contributed by atoms with Crippen molar-refractivity contribution in [1.82, 2.24) is 14.9 Å². The molecule has 0 spiro atoms. The van der Waals surface area contributed by atoms with E-state index in [1.54, 1.807) is 6.26 Å². The van der Waals surface area contributed by atoms with Crippen LogP contribution in [0.25, 0.3) is 0 Å². The number of hydrogen-bond donors (Lipinski definition) is 0. The molecule has 5 rings (SSSR count). The van der Waals surface area contributed by atoms with E-state index in [4.69, 9.17) is 4.42 Å². The van der Waals surface area contributed by atoms with Gasteiger partial charge in [-0.15, -0.1) is 0 Å². The molecule has 0 saturated carbocycles. The highest BCUT2D eigenvalue weighted by molar-refractivity contribution is 5.47. The van der Waals surface area contributed by atoms with Gasteiger partial charge >= 0.3 is 0 Å². The Labute approximate surface area is 122 Å². The summed E-state index contributed by atoms with van der Waals surface area (Å²) < 4.78 is 18.5. The molecule has 6 heteroatoms. The fourth-order valence-corrected chi connectivity index (χ4v) is 3.41. The lowest BCUT2D eigenvalue weighted by Gasteiger charge is -2.56. The van der Waals surface area contributed by atoms with Gasteiger partial charge in [-0.25, -0.2) is 9.97 Å². The number of piperidine rings is 1. The maximum absolute atomic E-state index is 13.2. The molecule has 5 heterocycles. The largest absolute Gasteiger partial charge is 0.449 e.